The number of amides is 1. The first-order valence-corrected chi connectivity index (χ1v) is 8.87. The molecule has 122 valence electrons. The average molecular weight is 332 g/mol. The summed E-state index contributed by atoms with van der Waals surface area (Å²) in [6.45, 7) is 8.63. The molecule has 2 fully saturated rings. The Morgan fingerprint density at radius 2 is 2.04 bits per heavy atom. The number of fused-ring (bicyclic) bond motifs is 1. The molecule has 2 aliphatic rings. The van der Waals surface area contributed by atoms with Crippen molar-refractivity contribution in [3.05, 3.63) is 33.6 Å². The molecule has 2 aromatic heterocycles. The van der Waals surface area contributed by atoms with E-state index in [0.29, 0.717) is 17.5 Å². The van der Waals surface area contributed by atoms with Crippen molar-refractivity contribution in [2.45, 2.75) is 20.4 Å². The molecule has 4 rings (SSSR count). The van der Waals surface area contributed by atoms with Gasteiger partial charge in [0, 0.05) is 43.7 Å². The summed E-state index contributed by atoms with van der Waals surface area (Å²) in [5, 5.41) is 5.87. The lowest BCUT2D eigenvalue weighted by Gasteiger charge is -2.21. The number of thiazole rings is 1. The molecular formula is C16H20N4O2S. The molecule has 2 aromatic rings. The summed E-state index contributed by atoms with van der Waals surface area (Å²) < 4.78 is 5.25. The van der Waals surface area contributed by atoms with Crippen LogP contribution in [0.3, 0.4) is 0 Å². The van der Waals surface area contributed by atoms with E-state index in [0.717, 1.165) is 44.2 Å². The van der Waals surface area contributed by atoms with Crippen molar-refractivity contribution in [2.75, 3.05) is 26.2 Å². The van der Waals surface area contributed by atoms with Crippen LogP contribution in [-0.4, -0.2) is 52.0 Å². The Balaban J connectivity index is 1.38. The molecule has 2 saturated heterocycles. The minimum Gasteiger partial charge on any atom is -0.361 e. The fourth-order valence-corrected chi connectivity index (χ4v) is 4.34. The van der Waals surface area contributed by atoms with Crippen molar-refractivity contribution in [3.63, 3.8) is 0 Å². The third-order valence-electron chi connectivity index (χ3n) is 5.06. The van der Waals surface area contributed by atoms with E-state index in [4.69, 9.17) is 4.52 Å². The normalized spacial score (nSPS) is 24.3. The number of likely N-dealkylation sites (tertiary alicyclic amines) is 2. The number of rotatable bonds is 3. The zero-order valence-electron chi connectivity index (χ0n) is 13.4. The highest BCUT2D eigenvalue weighted by Crippen LogP contribution is 2.33. The van der Waals surface area contributed by atoms with Gasteiger partial charge < -0.3 is 9.42 Å². The van der Waals surface area contributed by atoms with Gasteiger partial charge in [-0.1, -0.05) is 5.16 Å². The van der Waals surface area contributed by atoms with Gasteiger partial charge in [-0.05, 0) is 25.7 Å². The molecule has 0 radical (unpaired) electrons. The number of hydrogen-bond donors (Lipinski definition) is 0. The van der Waals surface area contributed by atoms with Gasteiger partial charge in [-0.15, -0.1) is 11.3 Å². The zero-order valence-corrected chi connectivity index (χ0v) is 14.2. The number of carbonyl (C=O) groups excluding carboxylic acids is 1. The third-order valence-corrected chi connectivity index (χ3v) is 5.65. The molecule has 0 bridgehead atoms. The molecule has 0 spiro atoms. The summed E-state index contributed by atoms with van der Waals surface area (Å²) in [7, 11) is 0. The van der Waals surface area contributed by atoms with Crippen molar-refractivity contribution in [1.29, 1.82) is 0 Å². The van der Waals surface area contributed by atoms with Crippen LogP contribution in [0.15, 0.2) is 15.4 Å². The van der Waals surface area contributed by atoms with E-state index in [9.17, 15) is 4.79 Å². The Labute approximate surface area is 139 Å². The molecule has 6 nitrogen and oxygen atoms in total. The molecule has 7 heteroatoms. The standard InChI is InChI=1S/C16H20N4O2S/c1-10-14(11(2)22-18-10)7-19-3-12-5-20(6-13(12)4-19)16(21)15-8-23-9-17-15/h8-9,12-13H,3-7H2,1-2H3/t12-,13-/m0/s1. The lowest BCUT2D eigenvalue weighted by Crippen LogP contribution is -2.33. The van der Waals surface area contributed by atoms with Gasteiger partial charge in [0.05, 0.1) is 11.2 Å². The van der Waals surface area contributed by atoms with Gasteiger partial charge in [-0.25, -0.2) is 4.98 Å². The highest BCUT2D eigenvalue weighted by Gasteiger charge is 2.42. The molecule has 1 amide bonds. The molecular weight excluding hydrogens is 312 g/mol. The summed E-state index contributed by atoms with van der Waals surface area (Å²) in [4.78, 5) is 21.0. The largest absolute Gasteiger partial charge is 0.361 e. The van der Waals surface area contributed by atoms with Gasteiger partial charge in [-0.3, -0.25) is 9.69 Å². The van der Waals surface area contributed by atoms with Gasteiger partial charge in [0.2, 0.25) is 0 Å². The second-order valence-corrected chi connectivity index (χ2v) is 7.32. The van der Waals surface area contributed by atoms with Crippen LogP contribution in [0.4, 0.5) is 0 Å². The Bertz CT molecular complexity index is 678. The van der Waals surface area contributed by atoms with E-state index in [-0.39, 0.29) is 5.91 Å². The maximum atomic E-state index is 12.4. The van der Waals surface area contributed by atoms with Crippen LogP contribution in [0.2, 0.25) is 0 Å². The summed E-state index contributed by atoms with van der Waals surface area (Å²) in [6, 6.07) is 0. The predicted molar refractivity (Wildman–Crippen MR) is 86.3 cm³/mol. The molecule has 23 heavy (non-hydrogen) atoms. The number of aromatic nitrogens is 2. The van der Waals surface area contributed by atoms with E-state index in [2.05, 4.69) is 15.0 Å². The van der Waals surface area contributed by atoms with Crippen molar-refractivity contribution in [1.82, 2.24) is 19.9 Å². The highest BCUT2D eigenvalue weighted by molar-refractivity contribution is 7.07. The topological polar surface area (TPSA) is 62.5 Å². The van der Waals surface area contributed by atoms with Crippen LogP contribution in [0, 0.1) is 25.7 Å². The van der Waals surface area contributed by atoms with Gasteiger partial charge >= 0.3 is 0 Å². The highest BCUT2D eigenvalue weighted by atomic mass is 32.1. The van der Waals surface area contributed by atoms with Gasteiger partial charge in [0.25, 0.3) is 5.91 Å². The number of carbonyl (C=O) groups is 1. The van der Waals surface area contributed by atoms with Crippen molar-refractivity contribution in [3.8, 4) is 0 Å². The second-order valence-electron chi connectivity index (χ2n) is 6.60. The first-order chi connectivity index (χ1) is 11.1. The van der Waals surface area contributed by atoms with E-state index in [1.165, 1.54) is 16.9 Å². The maximum absolute atomic E-state index is 12.4. The Hall–Kier alpha value is -1.73. The first-order valence-electron chi connectivity index (χ1n) is 7.93. The maximum Gasteiger partial charge on any atom is 0.273 e. The fraction of sp³-hybridized carbons (Fsp3) is 0.562. The van der Waals surface area contributed by atoms with Crippen molar-refractivity contribution >= 4 is 17.2 Å². The lowest BCUT2D eigenvalue weighted by atomic mass is 10.0. The predicted octanol–water partition coefficient (Wildman–Crippen LogP) is 1.95. The fourth-order valence-electron chi connectivity index (χ4n) is 3.82. The second kappa shape index (κ2) is 5.72. The molecule has 0 aromatic carbocycles. The smallest absolute Gasteiger partial charge is 0.273 e. The third kappa shape index (κ3) is 2.68. The van der Waals surface area contributed by atoms with E-state index in [1.54, 1.807) is 5.51 Å². The SMILES string of the molecule is Cc1noc(C)c1CN1C[C@H]2CN(C(=O)c3cscn3)C[C@@H]2C1. The molecule has 0 aliphatic carbocycles. The quantitative estimate of drug-likeness (QED) is 0.860. The summed E-state index contributed by atoms with van der Waals surface area (Å²) >= 11 is 1.47. The van der Waals surface area contributed by atoms with Crippen LogP contribution >= 0.6 is 11.3 Å². The number of aryl methyl sites for hydroxylation is 2. The van der Waals surface area contributed by atoms with E-state index < -0.39 is 0 Å². The van der Waals surface area contributed by atoms with E-state index >= 15 is 0 Å². The van der Waals surface area contributed by atoms with Crippen LogP contribution in [-0.2, 0) is 6.54 Å². The Kier molecular flexibility index (Phi) is 3.69. The number of nitrogens with zero attached hydrogens (tertiary/aromatic N) is 4. The van der Waals surface area contributed by atoms with Crippen molar-refractivity contribution in [2.24, 2.45) is 11.8 Å². The Morgan fingerprint density at radius 3 is 2.61 bits per heavy atom. The van der Waals surface area contributed by atoms with Crippen LogP contribution in [0.25, 0.3) is 0 Å². The minimum absolute atomic E-state index is 0.0814. The summed E-state index contributed by atoms with van der Waals surface area (Å²) in [5.74, 6) is 2.13. The molecule has 0 saturated carbocycles. The molecule has 2 atom stereocenters. The zero-order chi connectivity index (χ0) is 16.0. The summed E-state index contributed by atoms with van der Waals surface area (Å²) in [5.41, 5.74) is 4.50. The average Bonchev–Trinajstić information content (AvgIpc) is 3.27. The van der Waals surface area contributed by atoms with Gasteiger partial charge in [0.1, 0.15) is 11.5 Å². The number of hydrogen-bond acceptors (Lipinski definition) is 6. The van der Waals surface area contributed by atoms with Gasteiger partial charge in [0.15, 0.2) is 0 Å². The van der Waals surface area contributed by atoms with Crippen LogP contribution < -0.4 is 0 Å². The molecule has 0 N–H and O–H groups in total. The van der Waals surface area contributed by atoms with Crippen molar-refractivity contribution < 1.29 is 9.32 Å². The van der Waals surface area contributed by atoms with Crippen LogP contribution in [0.5, 0.6) is 0 Å². The van der Waals surface area contributed by atoms with Crippen LogP contribution in [0.1, 0.15) is 27.5 Å². The lowest BCUT2D eigenvalue weighted by molar-refractivity contribution is 0.0768. The molecule has 2 aliphatic heterocycles. The summed E-state index contributed by atoms with van der Waals surface area (Å²) in [6.07, 6.45) is 0. The van der Waals surface area contributed by atoms with E-state index in [1.807, 2.05) is 24.1 Å². The molecule has 0 unspecified atom stereocenters. The Morgan fingerprint density at radius 1 is 1.30 bits per heavy atom. The minimum atomic E-state index is 0.0814. The van der Waals surface area contributed by atoms with Gasteiger partial charge in [-0.2, -0.15) is 0 Å². The molecule has 4 heterocycles. The first kappa shape index (κ1) is 14.8. The monoisotopic (exact) mass is 332 g/mol.